The Kier molecular flexibility index (Phi) is 37.9. The molecule has 0 bridgehead atoms. The molecule has 32 heavy (non-hydrogen) atoms. The fourth-order valence-corrected chi connectivity index (χ4v) is 1.10. The summed E-state index contributed by atoms with van der Waals surface area (Å²) in [5, 5.41) is 32.5. The van der Waals surface area contributed by atoms with Gasteiger partial charge < -0.3 is 29.5 Å². The van der Waals surface area contributed by atoms with Crippen LogP contribution in [0.5, 0.6) is 0 Å². The third-order valence-electron chi connectivity index (χ3n) is 2.06. The van der Waals surface area contributed by atoms with Crippen LogP contribution in [0.1, 0.15) is 51.4 Å². The second-order valence-electron chi connectivity index (χ2n) is 4.85. The van der Waals surface area contributed by atoms with Gasteiger partial charge in [0.15, 0.2) is 0 Å². The topological polar surface area (TPSA) is 304 Å². The summed E-state index contributed by atoms with van der Waals surface area (Å²) in [5.41, 5.74) is 0. The van der Waals surface area contributed by atoms with Gasteiger partial charge in [0.2, 0.25) is 0 Å². The Morgan fingerprint density at radius 3 is 0.688 bits per heavy atom. The summed E-state index contributed by atoms with van der Waals surface area (Å²) in [4.78, 5) is 39.6. The zero-order valence-electron chi connectivity index (χ0n) is 17.2. The van der Waals surface area contributed by atoms with Gasteiger partial charge in [-0.2, -0.15) is 8.42 Å². The molecule has 16 nitrogen and oxygen atoms in total. The average molecular weight is 532 g/mol. The number of hydrogen-bond donors (Lipinski definition) is 6. The van der Waals surface area contributed by atoms with Crippen LogP contribution in [0.4, 0.5) is 0 Å². The number of aliphatic carboxylic acids is 4. The van der Waals surface area contributed by atoms with Crippen LogP contribution in [0.2, 0.25) is 0 Å². The minimum absolute atomic E-state index is 0. The van der Waals surface area contributed by atoms with E-state index in [1.54, 1.807) is 0 Å². The maximum Gasteiger partial charge on any atom is 1.00 e. The monoisotopic (exact) mass is 532 g/mol. The summed E-state index contributed by atoms with van der Waals surface area (Å²) in [6, 6.07) is 0. The number of unbranched alkanes of at least 4 members (excludes halogenated alkanes) is 2. The Morgan fingerprint density at radius 1 is 0.531 bits per heavy atom. The van der Waals surface area contributed by atoms with Gasteiger partial charge in [0.1, 0.15) is 0 Å². The van der Waals surface area contributed by atoms with Gasteiger partial charge in [0.05, 0.1) is 0 Å². The van der Waals surface area contributed by atoms with Crippen molar-refractivity contribution in [3.8, 4) is 0 Å². The predicted octanol–water partition coefficient (Wildman–Crippen LogP) is -6.55. The number of hydrogen-bond acceptors (Lipinski definition) is 10. The van der Waals surface area contributed by atoms with Crippen molar-refractivity contribution in [3.63, 3.8) is 0 Å². The Bertz CT molecular complexity index is 609. The zero-order valence-corrected chi connectivity index (χ0v) is 22.9. The van der Waals surface area contributed by atoms with Crippen molar-refractivity contribution in [1.82, 2.24) is 0 Å². The van der Waals surface area contributed by atoms with E-state index in [4.69, 9.17) is 55.5 Å². The Labute approximate surface area is 228 Å². The van der Waals surface area contributed by atoms with Gasteiger partial charge in [0, 0.05) is 36.1 Å². The molecule has 0 fully saturated rings. The fourth-order valence-electron chi connectivity index (χ4n) is 1.10. The molecule has 180 valence electrons. The van der Waals surface area contributed by atoms with Gasteiger partial charge in [-0.15, -0.1) is 0 Å². The number of carboxylic acids is 4. The van der Waals surface area contributed by atoms with E-state index in [0.717, 1.165) is 0 Å². The molecule has 0 aromatic heterocycles. The Morgan fingerprint density at radius 2 is 0.625 bits per heavy atom. The third-order valence-corrected chi connectivity index (χ3v) is 2.06. The van der Waals surface area contributed by atoms with Gasteiger partial charge in [-0.05, 0) is 25.7 Å². The van der Waals surface area contributed by atoms with Gasteiger partial charge >= 0.3 is 93.4 Å². The number of carboxylic acid groups (broad SMARTS) is 4. The van der Waals surface area contributed by atoms with Crippen LogP contribution in [-0.2, 0) is 40.0 Å². The Hall–Kier alpha value is -0.380. The molecule has 0 aliphatic heterocycles. The van der Waals surface area contributed by atoms with E-state index < -0.39 is 44.7 Å². The van der Waals surface area contributed by atoms with Gasteiger partial charge in [0.25, 0.3) is 0 Å². The summed E-state index contributed by atoms with van der Waals surface area (Å²) >= 11 is 0. The first kappa shape index (κ1) is 45.2. The molecule has 0 aliphatic carbocycles. The molecule has 0 atom stereocenters. The zero-order chi connectivity index (χ0) is 25.0. The molecule has 0 aromatic carbocycles. The Balaban J connectivity index is -0.0000000724. The van der Waals surface area contributed by atoms with Crippen molar-refractivity contribution in [2.45, 2.75) is 51.4 Å². The first-order valence-corrected chi connectivity index (χ1v) is 10.2. The van der Waals surface area contributed by atoms with Crippen LogP contribution in [0.3, 0.4) is 0 Å². The molecule has 0 unspecified atom stereocenters. The molecule has 0 aliphatic rings. The van der Waals surface area contributed by atoms with E-state index in [1.807, 2.05) is 0 Å². The maximum absolute atomic E-state index is 9.90. The summed E-state index contributed by atoms with van der Waals surface area (Å²) < 4.78 is 65.7. The predicted molar refractivity (Wildman–Crippen MR) is 92.1 cm³/mol. The molecule has 0 spiro atoms. The van der Waals surface area contributed by atoms with Crippen molar-refractivity contribution < 1.29 is 134 Å². The largest absolute Gasteiger partial charge is 1.00 e. The molecule has 0 saturated heterocycles. The molecule has 6 N–H and O–H groups in total. The molecular weight excluding hydrogens is 510 g/mol. The van der Waals surface area contributed by atoms with E-state index >= 15 is 0 Å². The normalized spacial score (nSPS) is 9.38. The standard InChI is InChI=1S/2C6H10O4.2Na.2H2O4S/c2*7-5(8)3-1-2-4-6(9)10;;;2*1-5(2,3)4/h2*1-4H2,(H,7,8)(H,9,10);;;2*(H2,1,2,3,4)/q;;2*+1;;/p-2. The van der Waals surface area contributed by atoms with Crippen LogP contribution in [-0.4, -0.2) is 79.3 Å². The second-order valence-corrected chi connectivity index (χ2v) is 6.56. The number of rotatable bonds is 10. The first-order chi connectivity index (χ1) is 13.3. The maximum atomic E-state index is 9.90. The van der Waals surface area contributed by atoms with Gasteiger partial charge in [-0.1, -0.05) is 0 Å². The van der Waals surface area contributed by atoms with E-state index in [9.17, 15) is 19.2 Å². The molecular formula is C12H22Na2O16S2. The van der Waals surface area contributed by atoms with Crippen molar-refractivity contribution in [2.75, 3.05) is 0 Å². The second kappa shape index (κ2) is 26.9. The van der Waals surface area contributed by atoms with Crippen LogP contribution >= 0.6 is 0 Å². The smallest absolute Gasteiger partial charge is 0.759 e. The third kappa shape index (κ3) is 131. The molecule has 0 radical (unpaired) electrons. The summed E-state index contributed by atoms with van der Waals surface area (Å²) in [5.74, 6) is -3.48. The van der Waals surface area contributed by atoms with Gasteiger partial charge in [-0.25, -0.2) is 0 Å². The minimum atomic E-state index is -5.17. The SMILES string of the molecule is O=C(O)CCCCC(=O)O.O=C(O)CCCCC(=O)O.O=S(=O)(O)O.O=S(=O)([O-])[O-].[Na+].[Na+]. The summed E-state index contributed by atoms with van der Waals surface area (Å²) in [6.45, 7) is 0. The van der Waals surface area contributed by atoms with E-state index in [1.165, 1.54) is 0 Å². The molecule has 20 heteroatoms. The van der Waals surface area contributed by atoms with E-state index in [-0.39, 0.29) is 84.8 Å². The number of carbonyl (C=O) groups is 4. The minimum Gasteiger partial charge on any atom is -0.759 e. The van der Waals surface area contributed by atoms with Crippen LogP contribution in [0.15, 0.2) is 0 Å². The molecule has 0 aromatic rings. The van der Waals surface area contributed by atoms with Crippen LogP contribution < -0.4 is 59.1 Å². The van der Waals surface area contributed by atoms with E-state index in [0.29, 0.717) is 25.7 Å². The quantitative estimate of drug-likeness (QED) is 0.0659. The fraction of sp³-hybridized carbons (Fsp3) is 0.667. The average Bonchev–Trinajstić information content (AvgIpc) is 2.45. The van der Waals surface area contributed by atoms with Crippen molar-refractivity contribution >= 4 is 44.7 Å². The van der Waals surface area contributed by atoms with Crippen molar-refractivity contribution in [2.24, 2.45) is 0 Å². The molecule has 0 saturated carbocycles. The van der Waals surface area contributed by atoms with Crippen LogP contribution in [0, 0.1) is 0 Å². The first-order valence-electron chi connectivity index (χ1n) is 7.49. The van der Waals surface area contributed by atoms with Gasteiger partial charge in [-0.3, -0.25) is 36.7 Å². The summed E-state index contributed by atoms with van der Waals surface area (Å²) in [7, 11) is -9.83. The summed E-state index contributed by atoms with van der Waals surface area (Å²) in [6.07, 6.45) is 2.04. The van der Waals surface area contributed by atoms with Crippen molar-refractivity contribution in [1.29, 1.82) is 0 Å². The molecule has 0 heterocycles. The van der Waals surface area contributed by atoms with E-state index in [2.05, 4.69) is 0 Å². The van der Waals surface area contributed by atoms with Crippen LogP contribution in [0.25, 0.3) is 0 Å². The molecule has 0 amide bonds. The molecule has 0 rings (SSSR count). The van der Waals surface area contributed by atoms with Crippen molar-refractivity contribution in [3.05, 3.63) is 0 Å².